The number of rotatable bonds is 6. The SMILES string of the molecule is CNCc1ccc(Cl)c(S(=O)(=O)NCc2cn[nH]c2)c1. The molecule has 0 bridgehead atoms. The number of nitrogens with one attached hydrogen (secondary N) is 3. The van der Waals surface area contributed by atoms with Crippen molar-refractivity contribution in [1.29, 1.82) is 0 Å². The Morgan fingerprint density at radius 3 is 2.75 bits per heavy atom. The van der Waals surface area contributed by atoms with Crippen LogP contribution in [-0.2, 0) is 23.1 Å². The molecule has 6 nitrogen and oxygen atoms in total. The number of halogens is 1. The Hall–Kier alpha value is -1.41. The van der Waals surface area contributed by atoms with Gasteiger partial charge >= 0.3 is 0 Å². The van der Waals surface area contributed by atoms with Crippen molar-refractivity contribution < 1.29 is 8.42 Å². The molecule has 0 atom stereocenters. The summed E-state index contributed by atoms with van der Waals surface area (Å²) in [5, 5.41) is 9.55. The van der Waals surface area contributed by atoms with Gasteiger partial charge in [0.15, 0.2) is 0 Å². The molecule has 0 spiro atoms. The summed E-state index contributed by atoms with van der Waals surface area (Å²) in [6, 6.07) is 4.94. The number of aromatic amines is 1. The molecular weight excluding hydrogens is 300 g/mol. The van der Waals surface area contributed by atoms with Crippen molar-refractivity contribution >= 4 is 21.6 Å². The zero-order valence-corrected chi connectivity index (χ0v) is 12.4. The van der Waals surface area contributed by atoms with Crippen molar-refractivity contribution in [1.82, 2.24) is 20.2 Å². The van der Waals surface area contributed by atoms with Crippen molar-refractivity contribution in [2.75, 3.05) is 7.05 Å². The molecule has 20 heavy (non-hydrogen) atoms. The number of H-pyrrole nitrogens is 1. The van der Waals surface area contributed by atoms with Crippen LogP contribution < -0.4 is 10.0 Å². The van der Waals surface area contributed by atoms with E-state index >= 15 is 0 Å². The van der Waals surface area contributed by atoms with Crippen LogP contribution in [0.4, 0.5) is 0 Å². The second kappa shape index (κ2) is 6.36. The lowest BCUT2D eigenvalue weighted by Crippen LogP contribution is -2.23. The quantitative estimate of drug-likeness (QED) is 0.749. The van der Waals surface area contributed by atoms with E-state index in [0.717, 1.165) is 11.1 Å². The number of benzene rings is 1. The molecule has 0 aliphatic carbocycles. The molecule has 0 aliphatic heterocycles. The summed E-state index contributed by atoms with van der Waals surface area (Å²) in [5.74, 6) is 0. The van der Waals surface area contributed by atoms with Gasteiger partial charge in [-0.3, -0.25) is 5.10 Å². The normalized spacial score (nSPS) is 11.7. The molecule has 1 aromatic carbocycles. The Bertz CT molecular complexity index is 671. The second-order valence-corrected chi connectivity index (χ2v) is 6.37. The monoisotopic (exact) mass is 314 g/mol. The molecule has 0 saturated heterocycles. The second-order valence-electron chi connectivity index (χ2n) is 4.23. The zero-order chi connectivity index (χ0) is 14.6. The van der Waals surface area contributed by atoms with Gasteiger partial charge in [-0.1, -0.05) is 17.7 Å². The fraction of sp³-hybridized carbons (Fsp3) is 0.250. The molecule has 0 aliphatic rings. The van der Waals surface area contributed by atoms with Crippen LogP contribution in [0.1, 0.15) is 11.1 Å². The van der Waals surface area contributed by atoms with Gasteiger partial charge in [0, 0.05) is 24.8 Å². The Morgan fingerprint density at radius 2 is 2.10 bits per heavy atom. The van der Waals surface area contributed by atoms with Gasteiger partial charge in [0.25, 0.3) is 0 Å². The van der Waals surface area contributed by atoms with E-state index < -0.39 is 10.0 Å². The van der Waals surface area contributed by atoms with Gasteiger partial charge in [-0.25, -0.2) is 13.1 Å². The third kappa shape index (κ3) is 3.57. The van der Waals surface area contributed by atoms with Crippen LogP contribution in [0, 0.1) is 0 Å². The summed E-state index contributed by atoms with van der Waals surface area (Å²) in [4.78, 5) is 0.0791. The Morgan fingerprint density at radius 1 is 1.30 bits per heavy atom. The number of hydrogen-bond donors (Lipinski definition) is 3. The van der Waals surface area contributed by atoms with Gasteiger partial charge in [-0.15, -0.1) is 0 Å². The van der Waals surface area contributed by atoms with Crippen LogP contribution >= 0.6 is 11.6 Å². The van der Waals surface area contributed by atoms with Gasteiger partial charge in [0.2, 0.25) is 10.0 Å². The summed E-state index contributed by atoms with van der Waals surface area (Å²) in [6.45, 7) is 0.729. The molecular formula is C12H15ClN4O2S. The molecule has 0 radical (unpaired) electrons. The molecule has 2 aromatic rings. The minimum Gasteiger partial charge on any atom is -0.316 e. The van der Waals surface area contributed by atoms with E-state index in [9.17, 15) is 8.42 Å². The molecule has 0 saturated carbocycles. The predicted octanol–water partition coefficient (Wildman–Crippen LogP) is 1.26. The van der Waals surface area contributed by atoms with Crippen LogP contribution in [0.25, 0.3) is 0 Å². The van der Waals surface area contributed by atoms with E-state index in [1.807, 2.05) is 0 Å². The molecule has 1 heterocycles. The van der Waals surface area contributed by atoms with Crippen molar-refractivity contribution in [2.45, 2.75) is 18.0 Å². The number of sulfonamides is 1. The van der Waals surface area contributed by atoms with Gasteiger partial charge in [-0.2, -0.15) is 5.10 Å². The minimum atomic E-state index is -3.66. The van der Waals surface area contributed by atoms with E-state index in [0.29, 0.717) is 6.54 Å². The van der Waals surface area contributed by atoms with Crippen LogP contribution in [0.3, 0.4) is 0 Å². The summed E-state index contributed by atoms with van der Waals surface area (Å²) in [7, 11) is -1.87. The van der Waals surface area contributed by atoms with Gasteiger partial charge < -0.3 is 5.32 Å². The van der Waals surface area contributed by atoms with Gasteiger partial charge in [0.05, 0.1) is 11.2 Å². The van der Waals surface area contributed by atoms with Crippen LogP contribution in [0.5, 0.6) is 0 Å². The smallest absolute Gasteiger partial charge is 0.242 e. The van der Waals surface area contributed by atoms with Crippen LogP contribution in [0.2, 0.25) is 5.02 Å². The highest BCUT2D eigenvalue weighted by Crippen LogP contribution is 2.22. The molecule has 1 aromatic heterocycles. The first-order valence-corrected chi connectivity index (χ1v) is 7.79. The molecule has 3 N–H and O–H groups in total. The largest absolute Gasteiger partial charge is 0.316 e. The summed E-state index contributed by atoms with van der Waals surface area (Å²) >= 11 is 5.98. The fourth-order valence-corrected chi connectivity index (χ4v) is 3.26. The number of hydrogen-bond acceptors (Lipinski definition) is 4. The minimum absolute atomic E-state index is 0.0791. The first-order valence-electron chi connectivity index (χ1n) is 5.93. The maximum Gasteiger partial charge on any atom is 0.242 e. The first-order chi connectivity index (χ1) is 9.53. The van der Waals surface area contributed by atoms with E-state index in [1.54, 1.807) is 37.6 Å². The summed E-state index contributed by atoms with van der Waals surface area (Å²) in [6.07, 6.45) is 3.18. The molecule has 0 amide bonds. The Balaban J connectivity index is 2.21. The van der Waals surface area contributed by atoms with E-state index in [2.05, 4.69) is 20.2 Å². The molecule has 2 rings (SSSR count). The van der Waals surface area contributed by atoms with Crippen molar-refractivity contribution in [3.8, 4) is 0 Å². The molecule has 0 unspecified atom stereocenters. The summed E-state index contributed by atoms with van der Waals surface area (Å²) in [5.41, 5.74) is 1.59. The highest BCUT2D eigenvalue weighted by atomic mass is 35.5. The topological polar surface area (TPSA) is 86.9 Å². The standard InChI is InChI=1S/C12H15ClN4O2S/c1-14-5-9-2-3-11(13)12(4-9)20(18,19)17-8-10-6-15-16-7-10/h2-4,6-7,14,17H,5,8H2,1H3,(H,15,16). The Kier molecular flexibility index (Phi) is 4.77. The predicted molar refractivity (Wildman–Crippen MR) is 76.8 cm³/mol. The van der Waals surface area contributed by atoms with E-state index in [-0.39, 0.29) is 16.5 Å². The number of nitrogens with zero attached hydrogens (tertiary/aromatic N) is 1. The highest BCUT2D eigenvalue weighted by Gasteiger charge is 2.18. The van der Waals surface area contributed by atoms with Gasteiger partial charge in [0.1, 0.15) is 4.90 Å². The fourth-order valence-electron chi connectivity index (χ4n) is 1.70. The third-order valence-corrected chi connectivity index (χ3v) is 4.57. The van der Waals surface area contributed by atoms with Gasteiger partial charge in [-0.05, 0) is 24.7 Å². The lowest BCUT2D eigenvalue weighted by molar-refractivity contribution is 0.581. The third-order valence-electron chi connectivity index (χ3n) is 2.69. The van der Waals surface area contributed by atoms with E-state index in [4.69, 9.17) is 11.6 Å². The molecule has 0 fully saturated rings. The van der Waals surface area contributed by atoms with Crippen LogP contribution in [-0.4, -0.2) is 25.7 Å². The number of aromatic nitrogens is 2. The molecule has 108 valence electrons. The average molecular weight is 315 g/mol. The van der Waals surface area contributed by atoms with Crippen molar-refractivity contribution in [3.05, 3.63) is 46.7 Å². The lowest BCUT2D eigenvalue weighted by atomic mass is 10.2. The zero-order valence-electron chi connectivity index (χ0n) is 10.9. The average Bonchev–Trinajstić information content (AvgIpc) is 2.92. The van der Waals surface area contributed by atoms with Crippen molar-refractivity contribution in [2.24, 2.45) is 0 Å². The lowest BCUT2D eigenvalue weighted by Gasteiger charge is -2.09. The molecule has 8 heteroatoms. The summed E-state index contributed by atoms with van der Waals surface area (Å²) < 4.78 is 27.0. The van der Waals surface area contributed by atoms with E-state index in [1.165, 1.54) is 0 Å². The maximum absolute atomic E-state index is 12.3. The Labute approximate surface area is 122 Å². The van der Waals surface area contributed by atoms with Crippen molar-refractivity contribution in [3.63, 3.8) is 0 Å². The maximum atomic E-state index is 12.3. The van der Waals surface area contributed by atoms with Crippen LogP contribution in [0.15, 0.2) is 35.5 Å². The first kappa shape index (κ1) is 15.0. The highest BCUT2D eigenvalue weighted by molar-refractivity contribution is 7.89.